The maximum atomic E-state index is 12.6. The third-order valence-corrected chi connectivity index (χ3v) is 1.98. The van der Waals surface area contributed by atoms with Crippen molar-refractivity contribution in [1.82, 2.24) is 4.98 Å². The third-order valence-electron chi connectivity index (χ3n) is 1.98. The second-order valence-corrected chi connectivity index (χ2v) is 2.82. The van der Waals surface area contributed by atoms with Gasteiger partial charge in [0.15, 0.2) is 0 Å². The topological polar surface area (TPSA) is 48.1 Å². The van der Waals surface area contributed by atoms with Crippen molar-refractivity contribution in [2.24, 2.45) is 5.73 Å². The lowest BCUT2D eigenvalue weighted by molar-refractivity contribution is 0.145. The van der Waals surface area contributed by atoms with Crippen molar-refractivity contribution in [2.75, 3.05) is 7.11 Å². The number of hydrogen-bond donors (Lipinski definition) is 1. The summed E-state index contributed by atoms with van der Waals surface area (Å²) in [6.45, 7) is 1.65. The summed E-state index contributed by atoms with van der Waals surface area (Å²) >= 11 is 0. The van der Waals surface area contributed by atoms with Gasteiger partial charge in [-0.3, -0.25) is 4.98 Å². The zero-order chi connectivity index (χ0) is 10.7. The van der Waals surface area contributed by atoms with Crippen LogP contribution in [-0.2, 0) is 6.54 Å². The Bertz CT molecular complexity index is 329. The number of hydrogen-bond acceptors (Lipinski definition) is 3. The van der Waals surface area contributed by atoms with E-state index in [4.69, 9.17) is 10.5 Å². The number of aryl methyl sites for hydroxylation is 1. The molecule has 78 valence electrons. The number of alkyl halides is 2. The van der Waals surface area contributed by atoms with Crippen LogP contribution in [0.5, 0.6) is 5.75 Å². The van der Waals surface area contributed by atoms with Crippen molar-refractivity contribution in [3.05, 3.63) is 23.0 Å². The van der Waals surface area contributed by atoms with Gasteiger partial charge >= 0.3 is 0 Å². The molecule has 0 aliphatic carbocycles. The minimum absolute atomic E-state index is 0.135. The van der Waals surface area contributed by atoms with E-state index < -0.39 is 6.43 Å². The highest BCUT2D eigenvalue weighted by atomic mass is 19.3. The molecule has 0 saturated carbocycles. The molecule has 0 aliphatic heterocycles. The summed E-state index contributed by atoms with van der Waals surface area (Å²) in [7, 11) is 1.35. The lowest BCUT2D eigenvalue weighted by atomic mass is 10.1. The molecule has 0 atom stereocenters. The highest BCUT2D eigenvalue weighted by Gasteiger charge is 2.20. The molecule has 5 heteroatoms. The summed E-state index contributed by atoms with van der Waals surface area (Å²) in [5, 5.41) is 0. The fourth-order valence-corrected chi connectivity index (χ4v) is 1.28. The number of nitrogens with zero attached hydrogens (tertiary/aromatic N) is 1. The lowest BCUT2D eigenvalue weighted by Gasteiger charge is -2.13. The second kappa shape index (κ2) is 4.32. The van der Waals surface area contributed by atoms with E-state index >= 15 is 0 Å². The van der Waals surface area contributed by atoms with Crippen molar-refractivity contribution in [3.8, 4) is 5.75 Å². The van der Waals surface area contributed by atoms with Gasteiger partial charge in [0, 0.05) is 24.0 Å². The second-order valence-electron chi connectivity index (χ2n) is 2.82. The highest BCUT2D eigenvalue weighted by Crippen LogP contribution is 2.33. The molecule has 0 spiro atoms. The van der Waals surface area contributed by atoms with Crippen LogP contribution in [0.25, 0.3) is 0 Å². The minimum Gasteiger partial charge on any atom is -0.496 e. The Hall–Kier alpha value is -1.23. The molecular formula is C9H12F2N2O. The van der Waals surface area contributed by atoms with Crippen molar-refractivity contribution < 1.29 is 13.5 Å². The molecule has 3 nitrogen and oxygen atoms in total. The molecule has 0 saturated heterocycles. The third kappa shape index (κ3) is 1.82. The molecule has 1 aromatic rings. The fourth-order valence-electron chi connectivity index (χ4n) is 1.28. The van der Waals surface area contributed by atoms with E-state index in [1.165, 1.54) is 20.2 Å². The predicted molar refractivity (Wildman–Crippen MR) is 48.4 cm³/mol. The quantitative estimate of drug-likeness (QED) is 0.812. The number of ether oxygens (including phenoxy) is 1. The van der Waals surface area contributed by atoms with Crippen molar-refractivity contribution in [2.45, 2.75) is 19.9 Å². The number of nitrogens with two attached hydrogens (primary N) is 1. The zero-order valence-corrected chi connectivity index (χ0v) is 8.05. The van der Waals surface area contributed by atoms with Crippen LogP contribution in [0.2, 0.25) is 0 Å². The summed E-state index contributed by atoms with van der Waals surface area (Å²) in [4.78, 5) is 3.84. The van der Waals surface area contributed by atoms with Crippen molar-refractivity contribution in [1.29, 1.82) is 0 Å². The Morgan fingerprint density at radius 3 is 2.64 bits per heavy atom. The normalized spacial score (nSPS) is 10.7. The van der Waals surface area contributed by atoms with Gasteiger partial charge in [-0.1, -0.05) is 0 Å². The van der Waals surface area contributed by atoms with Gasteiger partial charge in [-0.2, -0.15) is 0 Å². The minimum atomic E-state index is -2.59. The van der Waals surface area contributed by atoms with E-state index in [0.717, 1.165) is 0 Å². The van der Waals surface area contributed by atoms with E-state index in [2.05, 4.69) is 4.98 Å². The number of methoxy groups -OCH3 is 1. The SMILES string of the molecule is COc1c(CN)cnc(C)c1C(F)F. The van der Waals surface area contributed by atoms with Crippen LogP contribution in [0.4, 0.5) is 8.78 Å². The van der Waals surface area contributed by atoms with Gasteiger partial charge in [-0.25, -0.2) is 8.78 Å². The Morgan fingerprint density at radius 2 is 2.21 bits per heavy atom. The molecule has 14 heavy (non-hydrogen) atoms. The molecule has 0 unspecified atom stereocenters. The van der Waals surface area contributed by atoms with Crippen molar-refractivity contribution >= 4 is 0 Å². The molecule has 0 aliphatic rings. The van der Waals surface area contributed by atoms with Gasteiger partial charge < -0.3 is 10.5 Å². The van der Waals surface area contributed by atoms with Gasteiger partial charge in [0.25, 0.3) is 6.43 Å². The summed E-state index contributed by atoms with van der Waals surface area (Å²) in [6.07, 6.45) is -1.14. The van der Waals surface area contributed by atoms with Gasteiger partial charge in [-0.15, -0.1) is 0 Å². The smallest absolute Gasteiger partial charge is 0.269 e. The van der Waals surface area contributed by atoms with Crippen molar-refractivity contribution in [3.63, 3.8) is 0 Å². The molecular weight excluding hydrogens is 190 g/mol. The first-order valence-corrected chi connectivity index (χ1v) is 4.12. The van der Waals surface area contributed by atoms with Crippen LogP contribution in [0.1, 0.15) is 23.2 Å². The van der Waals surface area contributed by atoms with E-state index in [1.54, 1.807) is 0 Å². The van der Waals surface area contributed by atoms with Crippen LogP contribution < -0.4 is 10.5 Å². The number of aromatic nitrogens is 1. The van der Waals surface area contributed by atoms with Crippen LogP contribution >= 0.6 is 0 Å². The molecule has 0 radical (unpaired) electrons. The number of halogens is 2. The fraction of sp³-hybridized carbons (Fsp3) is 0.444. The highest BCUT2D eigenvalue weighted by molar-refractivity contribution is 5.43. The number of rotatable bonds is 3. The maximum absolute atomic E-state index is 12.6. The molecule has 0 amide bonds. The molecule has 0 fully saturated rings. The van der Waals surface area contributed by atoms with Crippen LogP contribution in [-0.4, -0.2) is 12.1 Å². The van der Waals surface area contributed by atoms with Crippen LogP contribution in [0, 0.1) is 6.92 Å². The summed E-state index contributed by atoms with van der Waals surface area (Å²) < 4.78 is 30.2. The first-order valence-electron chi connectivity index (χ1n) is 4.12. The van der Waals surface area contributed by atoms with Gasteiger partial charge in [0.1, 0.15) is 5.75 Å². The Labute approximate surface area is 80.9 Å². The van der Waals surface area contributed by atoms with E-state index in [0.29, 0.717) is 5.56 Å². The van der Waals surface area contributed by atoms with Crippen LogP contribution in [0.3, 0.4) is 0 Å². The molecule has 2 N–H and O–H groups in total. The van der Waals surface area contributed by atoms with E-state index in [9.17, 15) is 8.78 Å². The average Bonchev–Trinajstić information content (AvgIpc) is 2.16. The summed E-state index contributed by atoms with van der Waals surface area (Å²) in [5.41, 5.74) is 5.98. The summed E-state index contributed by atoms with van der Waals surface area (Å²) in [6, 6.07) is 0. The monoisotopic (exact) mass is 202 g/mol. The van der Waals surface area contributed by atoms with Gasteiger partial charge in [0.05, 0.1) is 12.7 Å². The summed E-state index contributed by atoms with van der Waals surface area (Å²) in [5.74, 6) is 0.148. The standard InChI is InChI=1S/C9H12F2N2O/c1-5-7(9(10)11)8(14-2)6(3-12)4-13-5/h4,9H,3,12H2,1-2H3. The molecule has 1 rings (SSSR count). The van der Waals surface area contributed by atoms with E-state index in [-0.39, 0.29) is 23.6 Å². The van der Waals surface area contributed by atoms with Crippen LogP contribution in [0.15, 0.2) is 6.20 Å². The average molecular weight is 202 g/mol. The molecule has 0 bridgehead atoms. The number of pyridine rings is 1. The molecule has 1 aromatic heterocycles. The zero-order valence-electron chi connectivity index (χ0n) is 8.05. The Kier molecular flexibility index (Phi) is 3.35. The largest absolute Gasteiger partial charge is 0.496 e. The van der Waals surface area contributed by atoms with E-state index in [1.807, 2.05) is 0 Å². The van der Waals surface area contributed by atoms with Gasteiger partial charge in [0.2, 0.25) is 0 Å². The molecule has 0 aromatic carbocycles. The predicted octanol–water partition coefficient (Wildman–Crippen LogP) is 1.79. The molecule has 1 heterocycles. The maximum Gasteiger partial charge on any atom is 0.269 e. The van der Waals surface area contributed by atoms with Gasteiger partial charge in [-0.05, 0) is 6.92 Å². The first-order chi connectivity index (χ1) is 6.61. The lowest BCUT2D eigenvalue weighted by Crippen LogP contribution is -2.06. The Balaban J connectivity index is 3.35. The first kappa shape index (κ1) is 10.8. The Morgan fingerprint density at radius 1 is 1.57 bits per heavy atom.